The van der Waals surface area contributed by atoms with Gasteiger partial charge in [-0.25, -0.2) is 0 Å². The highest BCUT2D eigenvalue weighted by molar-refractivity contribution is 7.99. The maximum Gasteiger partial charge on any atom is 0.453 e. The van der Waals surface area contributed by atoms with Gasteiger partial charge in [0, 0.05) is 11.3 Å². The van der Waals surface area contributed by atoms with Crippen molar-refractivity contribution in [2.24, 2.45) is 5.10 Å². The fraction of sp³-hybridized carbons (Fsp3) is 0.357. The zero-order valence-electron chi connectivity index (χ0n) is 12.6. The van der Waals surface area contributed by atoms with Gasteiger partial charge in [0.15, 0.2) is 0 Å². The van der Waals surface area contributed by atoms with Crippen LogP contribution < -0.4 is 17.0 Å². The molecule has 0 saturated heterocycles. The summed E-state index contributed by atoms with van der Waals surface area (Å²) in [4.78, 5) is 0. The Morgan fingerprint density at radius 2 is 1.70 bits per heavy atom. The molecule has 1 aromatic carbocycles. The number of halogens is 4. The lowest BCUT2D eigenvalue weighted by Crippen LogP contribution is -3.00. The van der Waals surface area contributed by atoms with Crippen molar-refractivity contribution in [1.29, 1.82) is 0 Å². The van der Waals surface area contributed by atoms with Gasteiger partial charge in [-0.2, -0.15) is 22.9 Å². The molecule has 9 heteroatoms. The molecular weight excluding hydrogens is 393 g/mol. The van der Waals surface area contributed by atoms with Gasteiger partial charge in [0.05, 0.1) is 5.71 Å². The van der Waals surface area contributed by atoms with E-state index in [4.69, 9.17) is 0 Å². The molecule has 0 radical (unpaired) electrons. The lowest BCUT2D eigenvalue weighted by atomic mass is 9.97. The number of aryl methyl sites for hydroxylation is 3. The second-order valence-corrected chi connectivity index (χ2v) is 6.17. The summed E-state index contributed by atoms with van der Waals surface area (Å²) in [6, 6.07) is 4.00. The van der Waals surface area contributed by atoms with E-state index in [1.54, 1.807) is 0 Å². The summed E-state index contributed by atoms with van der Waals surface area (Å²) < 4.78 is 39.6. The van der Waals surface area contributed by atoms with Gasteiger partial charge < -0.3 is 17.0 Å². The van der Waals surface area contributed by atoms with Crippen molar-refractivity contribution in [2.75, 3.05) is 5.75 Å². The van der Waals surface area contributed by atoms with Crippen molar-refractivity contribution in [1.82, 2.24) is 14.9 Å². The third-order valence-electron chi connectivity index (χ3n) is 3.39. The molecule has 23 heavy (non-hydrogen) atoms. The Bertz CT molecular complexity index is 760. The second-order valence-electron chi connectivity index (χ2n) is 5.22. The summed E-state index contributed by atoms with van der Waals surface area (Å²) >= 11 is 1.21. The normalized spacial score (nSPS) is 14.1. The summed E-state index contributed by atoms with van der Waals surface area (Å²) in [6.45, 7) is 5.87. The smallest absolute Gasteiger partial charge is 0.453 e. The van der Waals surface area contributed by atoms with Gasteiger partial charge in [0.25, 0.3) is 5.82 Å². The molecule has 0 aliphatic carbocycles. The summed E-state index contributed by atoms with van der Waals surface area (Å²) in [5.74, 6) is -0.615. The van der Waals surface area contributed by atoms with E-state index in [1.165, 1.54) is 11.8 Å². The molecular formula is C14H13BrF3N4S-. The molecule has 124 valence electrons. The van der Waals surface area contributed by atoms with Crippen molar-refractivity contribution in [3.05, 3.63) is 40.2 Å². The van der Waals surface area contributed by atoms with Crippen LogP contribution in [0.3, 0.4) is 0 Å². The number of hydrogen-bond donors (Lipinski definition) is 0. The molecule has 2 heterocycles. The Labute approximate surface area is 145 Å². The van der Waals surface area contributed by atoms with Crippen LogP contribution in [0.5, 0.6) is 0 Å². The van der Waals surface area contributed by atoms with Crippen LogP contribution in [0.25, 0.3) is 0 Å². The van der Waals surface area contributed by atoms with Crippen molar-refractivity contribution < 1.29 is 30.2 Å². The van der Waals surface area contributed by atoms with Crippen LogP contribution in [0.15, 0.2) is 22.4 Å². The molecule has 0 fully saturated rings. The molecule has 0 unspecified atom stereocenters. The fourth-order valence-corrected chi connectivity index (χ4v) is 3.48. The van der Waals surface area contributed by atoms with E-state index in [2.05, 4.69) is 15.3 Å². The Hall–Kier alpha value is -1.35. The SMILES string of the molecule is Cc1cc(C)c(C2=Nn3c(nnc3C(F)(F)F)SC2)c(C)c1.[Br-]. The van der Waals surface area contributed by atoms with E-state index in [-0.39, 0.29) is 22.1 Å². The van der Waals surface area contributed by atoms with Gasteiger partial charge >= 0.3 is 6.18 Å². The van der Waals surface area contributed by atoms with E-state index >= 15 is 0 Å². The number of benzene rings is 1. The van der Waals surface area contributed by atoms with Crippen molar-refractivity contribution >= 4 is 17.5 Å². The minimum atomic E-state index is -4.57. The van der Waals surface area contributed by atoms with Crippen molar-refractivity contribution in [2.45, 2.75) is 32.1 Å². The monoisotopic (exact) mass is 405 g/mol. The summed E-state index contributed by atoms with van der Waals surface area (Å²) in [7, 11) is 0. The highest BCUT2D eigenvalue weighted by Gasteiger charge is 2.40. The third kappa shape index (κ3) is 3.30. The Kier molecular flexibility index (Phi) is 4.91. The van der Waals surface area contributed by atoms with Gasteiger partial charge in [-0.1, -0.05) is 29.5 Å². The zero-order chi connectivity index (χ0) is 16.1. The quantitative estimate of drug-likeness (QED) is 0.697. The molecule has 0 saturated carbocycles. The number of thioether (sulfide) groups is 1. The van der Waals surface area contributed by atoms with E-state index in [9.17, 15) is 13.2 Å². The predicted molar refractivity (Wildman–Crippen MR) is 78.3 cm³/mol. The third-order valence-corrected chi connectivity index (χ3v) is 4.32. The van der Waals surface area contributed by atoms with E-state index < -0.39 is 12.0 Å². The molecule has 0 amide bonds. The standard InChI is InChI=1S/C14H13F3N4S.BrH/c1-7-4-8(2)11(9(3)5-7)10-6-22-13-19-18-12(14(15,16)17)21(13)20-10;/h4-5H,6H2,1-3H3;1H/p-1. The van der Waals surface area contributed by atoms with Crippen LogP contribution in [-0.4, -0.2) is 26.3 Å². The minimum absolute atomic E-state index is 0. The van der Waals surface area contributed by atoms with E-state index in [0.717, 1.165) is 26.9 Å². The van der Waals surface area contributed by atoms with E-state index in [1.807, 2.05) is 32.9 Å². The van der Waals surface area contributed by atoms with Crippen LogP contribution in [-0.2, 0) is 6.18 Å². The van der Waals surface area contributed by atoms with Gasteiger partial charge in [0.1, 0.15) is 0 Å². The van der Waals surface area contributed by atoms with Crippen LogP contribution in [0.2, 0.25) is 0 Å². The Morgan fingerprint density at radius 3 is 2.26 bits per heavy atom. The second kappa shape index (κ2) is 6.27. The number of aromatic nitrogens is 3. The molecule has 2 aromatic rings. The van der Waals surface area contributed by atoms with Gasteiger partial charge in [0.2, 0.25) is 5.16 Å². The molecule has 4 nitrogen and oxygen atoms in total. The average molecular weight is 406 g/mol. The average Bonchev–Trinajstić information content (AvgIpc) is 2.80. The number of fused-ring (bicyclic) bond motifs is 1. The van der Waals surface area contributed by atoms with Gasteiger partial charge in [-0.05, 0) is 31.9 Å². The zero-order valence-corrected chi connectivity index (χ0v) is 15.0. The van der Waals surface area contributed by atoms with Gasteiger partial charge in [-0.3, -0.25) is 0 Å². The van der Waals surface area contributed by atoms with Crippen LogP contribution in [0.4, 0.5) is 13.2 Å². The molecule has 0 bridgehead atoms. The molecule has 0 spiro atoms. The molecule has 1 aliphatic heterocycles. The summed E-state index contributed by atoms with van der Waals surface area (Å²) in [6.07, 6.45) is -4.57. The maximum absolute atomic E-state index is 12.9. The molecule has 1 aromatic heterocycles. The lowest BCUT2D eigenvalue weighted by molar-refractivity contribution is -0.147. The van der Waals surface area contributed by atoms with Crippen LogP contribution >= 0.6 is 11.8 Å². The minimum Gasteiger partial charge on any atom is -1.00 e. The molecule has 0 atom stereocenters. The number of rotatable bonds is 1. The van der Waals surface area contributed by atoms with Crippen LogP contribution in [0, 0.1) is 20.8 Å². The van der Waals surface area contributed by atoms with Crippen LogP contribution in [0.1, 0.15) is 28.1 Å². The first-order valence-electron chi connectivity index (χ1n) is 6.59. The predicted octanol–water partition coefficient (Wildman–Crippen LogP) is 0.584. The summed E-state index contributed by atoms with van der Waals surface area (Å²) in [5, 5.41) is 11.1. The topological polar surface area (TPSA) is 43.1 Å². The summed E-state index contributed by atoms with van der Waals surface area (Å²) in [5.41, 5.74) is 4.62. The number of hydrogen-bond acceptors (Lipinski definition) is 4. The Balaban J connectivity index is 0.00000192. The molecule has 0 N–H and O–H groups in total. The molecule has 1 aliphatic rings. The number of nitrogens with zero attached hydrogens (tertiary/aromatic N) is 4. The lowest BCUT2D eigenvalue weighted by Gasteiger charge is -2.18. The highest BCUT2D eigenvalue weighted by Crippen LogP contribution is 2.33. The fourth-order valence-electron chi connectivity index (χ4n) is 2.66. The maximum atomic E-state index is 12.9. The van der Waals surface area contributed by atoms with Crippen molar-refractivity contribution in [3.63, 3.8) is 0 Å². The first-order chi connectivity index (χ1) is 10.3. The van der Waals surface area contributed by atoms with E-state index in [0.29, 0.717) is 11.5 Å². The Morgan fingerprint density at radius 1 is 1.09 bits per heavy atom. The first kappa shape index (κ1) is 18.0. The highest BCUT2D eigenvalue weighted by atomic mass is 79.9. The number of alkyl halides is 3. The largest absolute Gasteiger partial charge is 1.00 e. The first-order valence-corrected chi connectivity index (χ1v) is 7.57. The molecule has 3 rings (SSSR count). The van der Waals surface area contributed by atoms with Crippen molar-refractivity contribution in [3.8, 4) is 0 Å². The van der Waals surface area contributed by atoms with Gasteiger partial charge in [-0.15, -0.1) is 10.2 Å².